The molecule has 1 heterocycles. The molecule has 1 aromatic carbocycles. The summed E-state index contributed by atoms with van der Waals surface area (Å²) in [5, 5.41) is 11.1. The summed E-state index contributed by atoms with van der Waals surface area (Å²) in [6.45, 7) is 4.01. The normalized spacial score (nSPS) is 27.7. The molecule has 8 nitrogen and oxygen atoms in total. The standard InChI is InChI=1S/C30H45NO7/c1-4-5-6-9-22(38-30(34)28-18-31(2)13-14-36-28)11-12-23-24-15-20-8-7-10-27(37-19-29(33)35-3)25(20)16-21(24)17-26(23)32/h7-8,10,21-24,26,28,32H,4-6,9,11-19H2,1-3H3/t21-,22+,23+,24-,26+,28?/m0/s1. The van der Waals surface area contributed by atoms with Gasteiger partial charge in [0.05, 0.1) is 19.8 Å². The number of morpholine rings is 1. The smallest absolute Gasteiger partial charge is 0.343 e. The Labute approximate surface area is 227 Å². The predicted molar refractivity (Wildman–Crippen MR) is 143 cm³/mol. The first-order valence-electron chi connectivity index (χ1n) is 14.4. The molecule has 1 aromatic rings. The third-order valence-corrected chi connectivity index (χ3v) is 8.69. The Morgan fingerprint density at radius 2 is 2.05 bits per heavy atom. The van der Waals surface area contributed by atoms with Crippen molar-refractivity contribution in [3.8, 4) is 5.75 Å². The summed E-state index contributed by atoms with van der Waals surface area (Å²) in [6.07, 6.45) is 7.18. The number of unbranched alkanes of at least 4 members (excludes halogenated alkanes) is 2. The molecule has 8 heteroatoms. The molecule has 4 rings (SSSR count). The second kappa shape index (κ2) is 13.8. The molecule has 0 spiro atoms. The minimum Gasteiger partial charge on any atom is -0.482 e. The van der Waals surface area contributed by atoms with Gasteiger partial charge in [-0.05, 0) is 86.9 Å². The zero-order chi connectivity index (χ0) is 27.1. The summed E-state index contributed by atoms with van der Waals surface area (Å²) >= 11 is 0. The van der Waals surface area contributed by atoms with Gasteiger partial charge in [0.25, 0.3) is 0 Å². The Morgan fingerprint density at radius 3 is 2.82 bits per heavy atom. The molecule has 1 aliphatic heterocycles. The molecule has 2 fully saturated rings. The van der Waals surface area contributed by atoms with Crippen LogP contribution in [0.1, 0.15) is 63.0 Å². The number of nitrogens with zero attached hydrogens (tertiary/aromatic N) is 1. The molecule has 2 aliphatic carbocycles. The van der Waals surface area contributed by atoms with Crippen molar-refractivity contribution in [1.29, 1.82) is 0 Å². The van der Waals surface area contributed by atoms with E-state index in [0.29, 0.717) is 25.0 Å². The van der Waals surface area contributed by atoms with Crippen molar-refractivity contribution in [3.05, 3.63) is 29.3 Å². The van der Waals surface area contributed by atoms with Gasteiger partial charge in [0.15, 0.2) is 12.7 Å². The number of likely N-dealkylation sites (N-methyl/N-ethyl adjacent to an activating group) is 1. The summed E-state index contributed by atoms with van der Waals surface area (Å²) in [6, 6.07) is 6.02. The minimum atomic E-state index is -0.519. The highest BCUT2D eigenvalue weighted by molar-refractivity contribution is 5.75. The van der Waals surface area contributed by atoms with E-state index in [4.69, 9.17) is 18.9 Å². The highest BCUT2D eigenvalue weighted by Crippen LogP contribution is 2.48. The lowest BCUT2D eigenvalue weighted by Crippen LogP contribution is -2.45. The first kappa shape index (κ1) is 28.8. The zero-order valence-electron chi connectivity index (χ0n) is 23.2. The fourth-order valence-electron chi connectivity index (χ4n) is 6.56. The number of rotatable bonds is 12. The summed E-state index contributed by atoms with van der Waals surface area (Å²) < 4.78 is 22.2. The number of methoxy groups -OCH3 is 1. The molecule has 0 amide bonds. The topological polar surface area (TPSA) is 94.5 Å². The lowest BCUT2D eigenvalue weighted by molar-refractivity contribution is -0.168. The average Bonchev–Trinajstić information content (AvgIpc) is 3.22. The molecule has 1 N–H and O–H groups in total. The van der Waals surface area contributed by atoms with Crippen molar-refractivity contribution in [2.75, 3.05) is 40.5 Å². The van der Waals surface area contributed by atoms with Crippen LogP contribution < -0.4 is 4.74 Å². The fourth-order valence-corrected chi connectivity index (χ4v) is 6.56. The van der Waals surface area contributed by atoms with Crippen LogP contribution in [0.15, 0.2) is 18.2 Å². The minimum absolute atomic E-state index is 0.105. The van der Waals surface area contributed by atoms with Gasteiger partial charge < -0.3 is 29.0 Å². The van der Waals surface area contributed by atoms with E-state index in [-0.39, 0.29) is 30.7 Å². The van der Waals surface area contributed by atoms with E-state index in [0.717, 1.165) is 75.6 Å². The highest BCUT2D eigenvalue weighted by Gasteiger charge is 2.45. The molecule has 212 valence electrons. The molecular formula is C30H45NO7. The predicted octanol–water partition coefficient (Wildman–Crippen LogP) is 3.55. The number of esters is 2. The second-order valence-electron chi connectivity index (χ2n) is 11.3. The van der Waals surface area contributed by atoms with Crippen LogP contribution >= 0.6 is 0 Å². The molecule has 1 saturated carbocycles. The van der Waals surface area contributed by atoms with Gasteiger partial charge in [-0.3, -0.25) is 0 Å². The van der Waals surface area contributed by atoms with Gasteiger partial charge in [-0.1, -0.05) is 31.9 Å². The Bertz CT molecular complexity index is 937. The summed E-state index contributed by atoms with van der Waals surface area (Å²) in [5.74, 6) is 1.02. The Hall–Kier alpha value is -2.16. The lowest BCUT2D eigenvalue weighted by Gasteiger charge is -2.33. The molecule has 1 unspecified atom stereocenters. The molecule has 0 radical (unpaired) electrons. The van der Waals surface area contributed by atoms with E-state index in [1.165, 1.54) is 12.7 Å². The van der Waals surface area contributed by atoms with Crippen molar-refractivity contribution in [2.45, 2.75) is 83.0 Å². The molecule has 38 heavy (non-hydrogen) atoms. The first-order chi connectivity index (χ1) is 18.4. The van der Waals surface area contributed by atoms with Gasteiger partial charge in [-0.2, -0.15) is 0 Å². The summed E-state index contributed by atoms with van der Waals surface area (Å²) in [7, 11) is 3.35. The maximum atomic E-state index is 12.9. The Morgan fingerprint density at radius 1 is 1.21 bits per heavy atom. The van der Waals surface area contributed by atoms with E-state index in [9.17, 15) is 14.7 Å². The third-order valence-electron chi connectivity index (χ3n) is 8.69. The quantitative estimate of drug-likeness (QED) is 0.323. The second-order valence-corrected chi connectivity index (χ2v) is 11.3. The monoisotopic (exact) mass is 531 g/mol. The number of carbonyl (C=O) groups is 2. The average molecular weight is 532 g/mol. The van der Waals surface area contributed by atoms with Gasteiger partial charge in [0.2, 0.25) is 0 Å². The van der Waals surface area contributed by atoms with Gasteiger partial charge in [0, 0.05) is 13.1 Å². The SMILES string of the molecule is CCCCC[C@H](CC[C@@H]1[C@H]2Cc3cccc(OCC(=O)OC)c3C[C@H]2C[C@H]1O)OC(=O)C1CN(C)CCO1. The fraction of sp³-hybridized carbons (Fsp3) is 0.733. The maximum absolute atomic E-state index is 12.9. The molecule has 6 atom stereocenters. The highest BCUT2D eigenvalue weighted by atomic mass is 16.6. The Balaban J connectivity index is 1.38. The number of fused-ring (bicyclic) bond motifs is 2. The van der Waals surface area contributed by atoms with Crippen LogP contribution in [0.5, 0.6) is 5.75 Å². The van der Waals surface area contributed by atoms with E-state index >= 15 is 0 Å². The van der Waals surface area contributed by atoms with Gasteiger partial charge in [-0.15, -0.1) is 0 Å². The van der Waals surface area contributed by atoms with Crippen molar-refractivity contribution >= 4 is 11.9 Å². The van der Waals surface area contributed by atoms with Gasteiger partial charge >= 0.3 is 11.9 Å². The van der Waals surface area contributed by atoms with Crippen LogP contribution in [0, 0.1) is 17.8 Å². The number of hydrogen-bond acceptors (Lipinski definition) is 8. The first-order valence-corrected chi connectivity index (χ1v) is 14.4. The van der Waals surface area contributed by atoms with E-state index < -0.39 is 12.1 Å². The number of hydrogen-bond donors (Lipinski definition) is 1. The molecular weight excluding hydrogens is 486 g/mol. The van der Waals surface area contributed by atoms with Crippen LogP contribution in [0.3, 0.4) is 0 Å². The Kier molecular flexibility index (Phi) is 10.4. The van der Waals surface area contributed by atoms with Crippen LogP contribution in [0.25, 0.3) is 0 Å². The number of benzene rings is 1. The van der Waals surface area contributed by atoms with E-state index in [1.54, 1.807) is 0 Å². The van der Waals surface area contributed by atoms with Crippen molar-refractivity contribution in [1.82, 2.24) is 4.90 Å². The van der Waals surface area contributed by atoms with Crippen molar-refractivity contribution < 1.29 is 33.6 Å². The maximum Gasteiger partial charge on any atom is 0.343 e. The van der Waals surface area contributed by atoms with Crippen molar-refractivity contribution in [3.63, 3.8) is 0 Å². The van der Waals surface area contributed by atoms with E-state index in [2.05, 4.69) is 17.9 Å². The molecule has 3 aliphatic rings. The largest absolute Gasteiger partial charge is 0.482 e. The van der Waals surface area contributed by atoms with E-state index in [1.807, 2.05) is 19.2 Å². The number of aliphatic hydroxyl groups is 1. The van der Waals surface area contributed by atoms with Crippen molar-refractivity contribution in [2.24, 2.45) is 17.8 Å². The third kappa shape index (κ3) is 7.27. The lowest BCUT2D eigenvalue weighted by atomic mass is 9.73. The van der Waals surface area contributed by atoms with Crippen LogP contribution in [0.4, 0.5) is 0 Å². The molecule has 0 aromatic heterocycles. The summed E-state index contributed by atoms with van der Waals surface area (Å²) in [5.41, 5.74) is 2.38. The summed E-state index contributed by atoms with van der Waals surface area (Å²) in [4.78, 5) is 26.6. The van der Waals surface area contributed by atoms with Gasteiger partial charge in [-0.25, -0.2) is 9.59 Å². The van der Waals surface area contributed by atoms with Gasteiger partial charge in [0.1, 0.15) is 11.9 Å². The van der Waals surface area contributed by atoms with Crippen LogP contribution in [-0.4, -0.2) is 80.7 Å². The number of ether oxygens (including phenoxy) is 4. The number of aliphatic hydroxyl groups excluding tert-OH is 1. The number of carbonyl (C=O) groups excluding carboxylic acids is 2. The zero-order valence-corrected chi connectivity index (χ0v) is 23.2. The molecule has 0 bridgehead atoms. The molecule has 1 saturated heterocycles. The van der Waals surface area contributed by atoms with Crippen LogP contribution in [-0.2, 0) is 36.6 Å². The van der Waals surface area contributed by atoms with Crippen LogP contribution in [0.2, 0.25) is 0 Å².